The number of pyridine rings is 1. The molecule has 0 bridgehead atoms. The maximum absolute atomic E-state index is 5.54. The summed E-state index contributed by atoms with van der Waals surface area (Å²) in [7, 11) is 0. The molecule has 0 N–H and O–H groups in total. The van der Waals surface area contributed by atoms with E-state index in [4.69, 9.17) is 11.6 Å². The second-order valence-corrected chi connectivity index (χ2v) is 2.09. The van der Waals surface area contributed by atoms with Crippen molar-refractivity contribution in [3.63, 3.8) is 0 Å². The van der Waals surface area contributed by atoms with Crippen LogP contribution in [0.5, 0.6) is 0 Å². The van der Waals surface area contributed by atoms with Gasteiger partial charge in [-0.25, -0.2) is 0 Å². The number of nitrogens with zero attached hydrogens (tertiary/aromatic N) is 1. The molecule has 1 nitrogen and oxygen atoms in total. The topological polar surface area (TPSA) is 12.9 Å². The van der Waals surface area contributed by atoms with Crippen molar-refractivity contribution in [2.24, 2.45) is 0 Å². The fourth-order valence-electron chi connectivity index (χ4n) is 0.558. The number of halogens is 1. The Labute approximate surface area is 78.0 Å². The van der Waals surface area contributed by atoms with E-state index in [1.165, 1.54) is 0 Å². The minimum Gasteiger partial charge on any atom is -0.311 e. The summed E-state index contributed by atoms with van der Waals surface area (Å²) in [6.07, 6.45) is 3.71. The van der Waals surface area contributed by atoms with Gasteiger partial charge in [0, 0.05) is 0 Å². The van der Waals surface area contributed by atoms with Crippen molar-refractivity contribution in [2.45, 2.75) is 6.92 Å². The Balaban J connectivity index is 0.000000810. The van der Waals surface area contributed by atoms with Crippen LogP contribution in [0.3, 0.4) is 0 Å². The van der Waals surface area contributed by atoms with Crippen molar-refractivity contribution in [1.82, 2.24) is 4.98 Å². The molecule has 0 radical (unpaired) electrons. The summed E-state index contributed by atoms with van der Waals surface area (Å²) in [5.41, 5.74) is 1.10. The van der Waals surface area contributed by atoms with Crippen LogP contribution in [-0.4, -0.2) is 4.98 Å². The Hall–Kier alpha value is -0.0926. The first-order valence-electron chi connectivity index (χ1n) is 2.74. The Morgan fingerprint density at radius 2 is 2.20 bits per heavy atom. The molecule has 1 heterocycles. The summed E-state index contributed by atoms with van der Waals surface area (Å²) in [5, 5.41) is 0.542. The molecule has 0 aliphatic heterocycles. The van der Waals surface area contributed by atoms with E-state index in [0.717, 1.165) is 5.56 Å². The van der Waals surface area contributed by atoms with E-state index in [-0.39, 0.29) is 18.9 Å². The van der Waals surface area contributed by atoms with Crippen molar-refractivity contribution in [3.8, 4) is 0 Å². The maximum atomic E-state index is 5.54. The maximum Gasteiger partial charge on any atom is 1.00 e. The quantitative estimate of drug-likeness (QED) is 0.291. The third kappa shape index (κ3) is 2.66. The van der Waals surface area contributed by atoms with Gasteiger partial charge in [0.15, 0.2) is 0 Å². The van der Waals surface area contributed by atoms with Gasteiger partial charge in [-0.2, -0.15) is 18.1 Å². The van der Waals surface area contributed by atoms with Crippen molar-refractivity contribution in [2.75, 3.05) is 0 Å². The molecular formula is C7H7ClLiN. The summed E-state index contributed by atoms with van der Waals surface area (Å²) in [6, 6.07) is 3.70. The van der Waals surface area contributed by atoms with Crippen LogP contribution in [0.15, 0.2) is 18.3 Å². The number of hydrogen-bond acceptors (Lipinski definition) is 1. The third-order valence-corrected chi connectivity index (χ3v) is 1.31. The van der Waals surface area contributed by atoms with Crippen LogP contribution in [0.25, 0.3) is 0 Å². The molecule has 1 aromatic rings. The molecule has 3 heteroatoms. The normalized spacial score (nSPS) is 8.20. The fourth-order valence-corrected chi connectivity index (χ4v) is 0.670. The predicted octanol–water partition coefficient (Wildman–Crippen LogP) is -0.689. The molecule has 48 valence electrons. The van der Waals surface area contributed by atoms with Crippen LogP contribution in [-0.2, 0) is 0 Å². The molecule has 0 aliphatic rings. The van der Waals surface area contributed by atoms with E-state index >= 15 is 0 Å². The Kier molecular flexibility index (Phi) is 4.64. The van der Waals surface area contributed by atoms with Gasteiger partial charge in [-0.1, -0.05) is 30.8 Å². The van der Waals surface area contributed by atoms with E-state index in [0.29, 0.717) is 5.15 Å². The molecule has 0 unspecified atom stereocenters. The summed E-state index contributed by atoms with van der Waals surface area (Å²) in [6.45, 7) is 1.96. The van der Waals surface area contributed by atoms with Gasteiger partial charge in [-0.05, 0) is 0 Å². The zero-order chi connectivity index (χ0) is 6.69. The van der Waals surface area contributed by atoms with Crippen LogP contribution in [0.1, 0.15) is 12.5 Å². The van der Waals surface area contributed by atoms with Crippen molar-refractivity contribution < 1.29 is 18.9 Å². The van der Waals surface area contributed by atoms with E-state index in [2.05, 4.69) is 4.98 Å². The molecule has 0 spiro atoms. The van der Waals surface area contributed by atoms with Gasteiger partial charge in [-0.3, -0.25) is 0 Å². The molecule has 0 aromatic carbocycles. The van der Waals surface area contributed by atoms with Gasteiger partial charge < -0.3 is 4.98 Å². The van der Waals surface area contributed by atoms with Crippen LogP contribution < -0.4 is 18.9 Å². The zero-order valence-electron chi connectivity index (χ0n) is 6.13. The monoisotopic (exact) mass is 147 g/mol. The molecule has 1 aromatic heterocycles. The first-order chi connectivity index (χ1) is 4.33. The van der Waals surface area contributed by atoms with Crippen LogP contribution in [0, 0.1) is 6.42 Å². The summed E-state index contributed by atoms with van der Waals surface area (Å²) in [4.78, 5) is 3.88. The van der Waals surface area contributed by atoms with E-state index in [1.807, 2.05) is 19.4 Å². The SMILES string of the molecule is C[CH-]c1ccc(Cl)nc1.[Li+]. The molecule has 0 amide bonds. The largest absolute Gasteiger partial charge is 1.00 e. The van der Waals surface area contributed by atoms with Gasteiger partial charge in [0.05, 0.1) is 0 Å². The molecule has 0 fully saturated rings. The van der Waals surface area contributed by atoms with Crippen molar-refractivity contribution in [3.05, 3.63) is 35.5 Å². The second kappa shape index (κ2) is 4.68. The Morgan fingerprint density at radius 3 is 2.60 bits per heavy atom. The Morgan fingerprint density at radius 1 is 1.50 bits per heavy atom. The molecular weight excluding hydrogens is 140 g/mol. The van der Waals surface area contributed by atoms with Gasteiger partial charge in [0.25, 0.3) is 0 Å². The summed E-state index contributed by atoms with van der Waals surface area (Å²) >= 11 is 5.54. The van der Waals surface area contributed by atoms with Crippen LogP contribution >= 0.6 is 11.6 Å². The minimum absolute atomic E-state index is 0. The third-order valence-electron chi connectivity index (χ3n) is 1.08. The number of hydrogen-bond donors (Lipinski definition) is 0. The minimum atomic E-state index is 0. The van der Waals surface area contributed by atoms with Gasteiger partial charge in [0.2, 0.25) is 0 Å². The average molecular weight is 148 g/mol. The van der Waals surface area contributed by atoms with Crippen LogP contribution in [0.2, 0.25) is 5.15 Å². The van der Waals surface area contributed by atoms with Crippen LogP contribution in [0.4, 0.5) is 0 Å². The average Bonchev–Trinajstić information content (AvgIpc) is 1.90. The van der Waals surface area contributed by atoms with Crippen molar-refractivity contribution in [1.29, 1.82) is 0 Å². The molecule has 0 saturated heterocycles. The first-order valence-corrected chi connectivity index (χ1v) is 3.11. The van der Waals surface area contributed by atoms with Gasteiger partial charge >= 0.3 is 18.9 Å². The smallest absolute Gasteiger partial charge is 0.311 e. The predicted molar refractivity (Wildman–Crippen MR) is 38.3 cm³/mol. The number of aromatic nitrogens is 1. The standard InChI is InChI=1S/C7H7ClN.Li/c1-2-6-3-4-7(8)9-5-6;/h2-5H,1H3;/q-1;+1. The van der Waals surface area contributed by atoms with E-state index in [9.17, 15) is 0 Å². The molecule has 10 heavy (non-hydrogen) atoms. The zero-order valence-corrected chi connectivity index (χ0v) is 6.89. The molecule has 1 rings (SSSR count). The van der Waals surface area contributed by atoms with Gasteiger partial charge in [0.1, 0.15) is 5.15 Å². The first kappa shape index (κ1) is 9.91. The molecule has 0 atom stereocenters. The van der Waals surface area contributed by atoms with E-state index in [1.54, 1.807) is 12.3 Å². The molecule has 0 saturated carbocycles. The van der Waals surface area contributed by atoms with Gasteiger partial charge in [-0.15, -0.1) is 0 Å². The summed E-state index contributed by atoms with van der Waals surface area (Å²) < 4.78 is 0. The fraction of sp³-hybridized carbons (Fsp3) is 0.143. The van der Waals surface area contributed by atoms with Crippen molar-refractivity contribution >= 4 is 11.6 Å². The Bertz CT molecular complexity index is 185. The molecule has 0 aliphatic carbocycles. The van der Waals surface area contributed by atoms with E-state index < -0.39 is 0 Å². The summed E-state index contributed by atoms with van der Waals surface area (Å²) in [5.74, 6) is 0. The second-order valence-electron chi connectivity index (χ2n) is 1.70. The number of rotatable bonds is 1.